The van der Waals surface area contributed by atoms with Gasteiger partial charge in [0.15, 0.2) is 0 Å². The Bertz CT molecular complexity index is 525. The van der Waals surface area contributed by atoms with Crippen molar-refractivity contribution in [3.63, 3.8) is 0 Å². The number of hydrogen-bond acceptors (Lipinski definition) is 3. The molecule has 1 aromatic rings. The van der Waals surface area contributed by atoms with Crippen molar-refractivity contribution in [3.05, 3.63) is 24.3 Å². The fourth-order valence-electron chi connectivity index (χ4n) is 2.68. The molecule has 0 bridgehead atoms. The number of rotatable bonds is 6. The highest BCUT2D eigenvalue weighted by atomic mass is 79.9. The third-order valence-electron chi connectivity index (χ3n) is 4.02. The Morgan fingerprint density at radius 3 is 2.39 bits per heavy atom. The van der Waals surface area contributed by atoms with E-state index in [0.717, 1.165) is 37.3 Å². The molecular weight excluding hydrogens is 358 g/mol. The summed E-state index contributed by atoms with van der Waals surface area (Å²) in [6.45, 7) is 3.75. The van der Waals surface area contributed by atoms with Crippen LogP contribution < -0.4 is 15.5 Å². The van der Waals surface area contributed by atoms with Crippen LogP contribution in [0.15, 0.2) is 24.3 Å². The van der Waals surface area contributed by atoms with Crippen LogP contribution in [0.5, 0.6) is 0 Å². The van der Waals surface area contributed by atoms with Crippen LogP contribution in [0.4, 0.5) is 11.4 Å². The third-order valence-corrected chi connectivity index (χ3v) is 4.42. The highest BCUT2D eigenvalue weighted by molar-refractivity contribution is 9.09. The Morgan fingerprint density at radius 2 is 1.83 bits per heavy atom. The molecule has 2 rings (SSSR count). The van der Waals surface area contributed by atoms with Crippen molar-refractivity contribution in [2.45, 2.75) is 38.6 Å². The third kappa shape index (κ3) is 5.53. The molecule has 1 aliphatic heterocycles. The van der Waals surface area contributed by atoms with E-state index in [1.54, 1.807) is 0 Å². The number of amides is 2. The van der Waals surface area contributed by atoms with Crippen molar-refractivity contribution in [2.75, 3.05) is 28.6 Å². The summed E-state index contributed by atoms with van der Waals surface area (Å²) in [5.74, 6) is 0.147. The van der Waals surface area contributed by atoms with Crippen molar-refractivity contribution in [2.24, 2.45) is 0 Å². The summed E-state index contributed by atoms with van der Waals surface area (Å²) in [4.78, 5) is 25.3. The second kappa shape index (κ2) is 8.91. The van der Waals surface area contributed by atoms with E-state index >= 15 is 0 Å². The first-order chi connectivity index (χ1) is 11.1. The van der Waals surface area contributed by atoms with Gasteiger partial charge in [-0.15, -0.1) is 0 Å². The second-order valence-corrected chi connectivity index (χ2v) is 6.51. The van der Waals surface area contributed by atoms with Crippen LogP contribution in [-0.2, 0) is 9.59 Å². The van der Waals surface area contributed by atoms with Gasteiger partial charge in [0, 0.05) is 48.7 Å². The zero-order valence-electron chi connectivity index (χ0n) is 13.5. The first-order valence-electron chi connectivity index (χ1n) is 8.12. The number of benzene rings is 1. The lowest BCUT2D eigenvalue weighted by molar-refractivity contribution is -0.121. The largest absolute Gasteiger partial charge is 0.371 e. The molecule has 1 saturated heterocycles. The molecule has 1 aromatic carbocycles. The molecule has 0 saturated carbocycles. The van der Waals surface area contributed by atoms with E-state index in [1.807, 2.05) is 31.2 Å². The molecule has 0 atom stereocenters. The summed E-state index contributed by atoms with van der Waals surface area (Å²) in [6.07, 6.45) is 2.95. The molecule has 23 heavy (non-hydrogen) atoms. The van der Waals surface area contributed by atoms with E-state index in [9.17, 15) is 9.59 Å². The van der Waals surface area contributed by atoms with Gasteiger partial charge >= 0.3 is 0 Å². The molecular formula is C17H24BrN3O2. The Labute approximate surface area is 145 Å². The first kappa shape index (κ1) is 17.8. The van der Waals surface area contributed by atoms with Gasteiger partial charge in [0.2, 0.25) is 11.8 Å². The quantitative estimate of drug-likeness (QED) is 0.744. The SMILES string of the molecule is CCC(=O)NC1CCN(c2ccc(NC(=O)CCBr)cc2)CC1. The zero-order valence-corrected chi connectivity index (χ0v) is 15.1. The Balaban J connectivity index is 1.84. The van der Waals surface area contributed by atoms with Gasteiger partial charge in [-0.1, -0.05) is 22.9 Å². The van der Waals surface area contributed by atoms with Crippen molar-refractivity contribution in [1.29, 1.82) is 0 Å². The number of hydrogen-bond donors (Lipinski definition) is 2. The molecule has 5 nitrogen and oxygen atoms in total. The van der Waals surface area contributed by atoms with Crippen LogP contribution in [0.1, 0.15) is 32.6 Å². The molecule has 126 valence electrons. The van der Waals surface area contributed by atoms with Gasteiger partial charge in [0.05, 0.1) is 0 Å². The van der Waals surface area contributed by atoms with Crippen LogP contribution in [0, 0.1) is 0 Å². The lowest BCUT2D eigenvalue weighted by atomic mass is 10.0. The lowest BCUT2D eigenvalue weighted by Crippen LogP contribution is -2.44. The van der Waals surface area contributed by atoms with Crippen LogP contribution in [0.25, 0.3) is 0 Å². The maximum absolute atomic E-state index is 11.6. The van der Waals surface area contributed by atoms with Gasteiger partial charge in [0.1, 0.15) is 0 Å². The summed E-state index contributed by atoms with van der Waals surface area (Å²) in [5, 5.41) is 6.61. The molecule has 0 radical (unpaired) electrons. The number of carbonyl (C=O) groups is 2. The summed E-state index contributed by atoms with van der Waals surface area (Å²) in [6, 6.07) is 8.24. The smallest absolute Gasteiger partial charge is 0.225 e. The fraction of sp³-hybridized carbons (Fsp3) is 0.529. The molecule has 0 aromatic heterocycles. The lowest BCUT2D eigenvalue weighted by Gasteiger charge is -2.34. The standard InChI is InChI=1S/C17H24BrN3O2/c1-2-16(22)19-14-8-11-21(12-9-14)15-5-3-13(4-6-15)20-17(23)7-10-18/h3-6,14H,2,7-12H2,1H3,(H,19,22)(H,20,23). The number of nitrogens with zero attached hydrogens (tertiary/aromatic N) is 1. The summed E-state index contributed by atoms with van der Waals surface area (Å²) in [5.41, 5.74) is 1.98. The number of carbonyl (C=O) groups excluding carboxylic acids is 2. The number of anilines is 2. The Hall–Kier alpha value is -1.56. The summed E-state index contributed by atoms with van der Waals surface area (Å²) in [7, 11) is 0. The molecule has 1 fully saturated rings. The highest BCUT2D eigenvalue weighted by Gasteiger charge is 2.20. The van der Waals surface area contributed by atoms with Gasteiger partial charge in [0.25, 0.3) is 0 Å². The van der Waals surface area contributed by atoms with Crippen molar-refractivity contribution in [3.8, 4) is 0 Å². The van der Waals surface area contributed by atoms with E-state index in [2.05, 4.69) is 31.5 Å². The fourth-order valence-corrected chi connectivity index (χ4v) is 3.04. The topological polar surface area (TPSA) is 61.4 Å². The summed E-state index contributed by atoms with van der Waals surface area (Å²) >= 11 is 3.26. The number of alkyl halides is 1. The normalized spacial score (nSPS) is 15.3. The molecule has 0 unspecified atom stereocenters. The number of halogens is 1. The average Bonchev–Trinajstić information content (AvgIpc) is 2.56. The van der Waals surface area contributed by atoms with Crippen LogP contribution >= 0.6 is 15.9 Å². The van der Waals surface area contributed by atoms with Crippen LogP contribution in [-0.4, -0.2) is 36.3 Å². The van der Waals surface area contributed by atoms with Crippen molar-refractivity contribution >= 4 is 39.1 Å². The number of nitrogens with one attached hydrogen (secondary N) is 2. The minimum atomic E-state index is 0.0158. The summed E-state index contributed by atoms with van der Waals surface area (Å²) < 4.78 is 0. The minimum absolute atomic E-state index is 0.0158. The molecule has 2 N–H and O–H groups in total. The van der Waals surface area contributed by atoms with Crippen molar-refractivity contribution < 1.29 is 9.59 Å². The first-order valence-corrected chi connectivity index (χ1v) is 9.24. The van der Waals surface area contributed by atoms with Gasteiger partial charge in [-0.25, -0.2) is 0 Å². The van der Waals surface area contributed by atoms with E-state index in [1.165, 1.54) is 0 Å². The zero-order chi connectivity index (χ0) is 16.7. The average molecular weight is 382 g/mol. The molecule has 6 heteroatoms. The predicted molar refractivity (Wildman–Crippen MR) is 97.2 cm³/mol. The molecule has 1 heterocycles. The maximum Gasteiger partial charge on any atom is 0.225 e. The monoisotopic (exact) mass is 381 g/mol. The Morgan fingerprint density at radius 1 is 1.17 bits per heavy atom. The van der Waals surface area contributed by atoms with Crippen LogP contribution in [0.2, 0.25) is 0 Å². The Kier molecular flexibility index (Phi) is 6.89. The van der Waals surface area contributed by atoms with E-state index < -0.39 is 0 Å². The highest BCUT2D eigenvalue weighted by Crippen LogP contribution is 2.22. The van der Waals surface area contributed by atoms with E-state index in [0.29, 0.717) is 24.2 Å². The molecule has 1 aliphatic rings. The second-order valence-electron chi connectivity index (χ2n) is 5.72. The molecule has 0 spiro atoms. The van der Waals surface area contributed by atoms with Crippen molar-refractivity contribution in [1.82, 2.24) is 5.32 Å². The molecule has 0 aliphatic carbocycles. The minimum Gasteiger partial charge on any atom is -0.371 e. The van der Waals surface area contributed by atoms with E-state index in [-0.39, 0.29) is 11.8 Å². The molecule has 2 amide bonds. The van der Waals surface area contributed by atoms with Gasteiger partial charge < -0.3 is 15.5 Å². The maximum atomic E-state index is 11.6. The van der Waals surface area contributed by atoms with E-state index in [4.69, 9.17) is 0 Å². The van der Waals surface area contributed by atoms with Gasteiger partial charge in [-0.2, -0.15) is 0 Å². The predicted octanol–water partition coefficient (Wildman–Crippen LogP) is 2.91. The number of piperidine rings is 1. The van der Waals surface area contributed by atoms with Crippen LogP contribution in [0.3, 0.4) is 0 Å². The van der Waals surface area contributed by atoms with Gasteiger partial charge in [-0.3, -0.25) is 9.59 Å². The van der Waals surface area contributed by atoms with Gasteiger partial charge in [-0.05, 0) is 37.1 Å².